The number of rotatable bonds is 5. The molecule has 0 heterocycles. The molecule has 0 saturated heterocycles. The van der Waals surface area contributed by atoms with Crippen molar-refractivity contribution in [1.82, 2.24) is 0 Å². The molecular weight excluding hydrogens is 308 g/mol. The molecule has 2 heteroatoms. The fourth-order valence-corrected chi connectivity index (χ4v) is 4.84. The molecule has 1 nitrogen and oxygen atoms in total. The van der Waals surface area contributed by atoms with Crippen molar-refractivity contribution in [3.05, 3.63) is 71.3 Å². The van der Waals surface area contributed by atoms with Gasteiger partial charge in [-0.25, -0.2) is 0 Å². The summed E-state index contributed by atoms with van der Waals surface area (Å²) in [6, 6.07) is 19.3. The Bertz CT molecular complexity index is 678. The summed E-state index contributed by atoms with van der Waals surface area (Å²) >= 11 is 0. The van der Waals surface area contributed by atoms with Gasteiger partial charge in [0.05, 0.1) is 8.07 Å². The summed E-state index contributed by atoms with van der Waals surface area (Å²) in [5, 5.41) is 0.271. The van der Waals surface area contributed by atoms with Gasteiger partial charge in [0.1, 0.15) is 0 Å². The molecule has 0 aromatic heterocycles. The van der Waals surface area contributed by atoms with E-state index in [4.69, 9.17) is 0 Å². The van der Waals surface area contributed by atoms with E-state index in [9.17, 15) is 4.79 Å². The van der Waals surface area contributed by atoms with Crippen LogP contribution in [0.5, 0.6) is 0 Å². The molecule has 1 unspecified atom stereocenters. The monoisotopic (exact) mass is 338 g/mol. The van der Waals surface area contributed by atoms with E-state index in [0.29, 0.717) is 0 Å². The summed E-state index contributed by atoms with van der Waals surface area (Å²) < 4.78 is 0. The van der Waals surface area contributed by atoms with Gasteiger partial charge < -0.3 is 0 Å². The molecule has 0 aliphatic rings. The van der Waals surface area contributed by atoms with Crippen molar-refractivity contribution in [2.45, 2.75) is 57.8 Å². The van der Waals surface area contributed by atoms with E-state index in [1.807, 2.05) is 42.5 Å². The van der Waals surface area contributed by atoms with Gasteiger partial charge in [-0.05, 0) is 23.6 Å². The second-order valence-electron chi connectivity index (χ2n) is 8.53. The Morgan fingerprint density at radius 1 is 0.958 bits per heavy atom. The van der Waals surface area contributed by atoms with Gasteiger partial charge in [0.25, 0.3) is 0 Å². The third-order valence-corrected chi connectivity index (χ3v) is 11.1. The first-order valence-corrected chi connectivity index (χ1v) is 12.0. The molecular formula is C22H30OSi. The minimum Gasteiger partial charge on any atom is -0.294 e. The summed E-state index contributed by atoms with van der Waals surface area (Å²) in [6.45, 7) is 13.8. The topological polar surface area (TPSA) is 17.1 Å². The largest absolute Gasteiger partial charge is 0.294 e. The third kappa shape index (κ3) is 4.24. The lowest BCUT2D eigenvalue weighted by atomic mass is 9.92. The Kier molecular flexibility index (Phi) is 5.49. The van der Waals surface area contributed by atoms with Crippen molar-refractivity contribution in [2.24, 2.45) is 0 Å². The second kappa shape index (κ2) is 7.06. The molecule has 2 aromatic rings. The Morgan fingerprint density at radius 3 is 2.00 bits per heavy atom. The van der Waals surface area contributed by atoms with Crippen LogP contribution in [0.1, 0.15) is 48.2 Å². The zero-order valence-corrected chi connectivity index (χ0v) is 16.9. The number of benzene rings is 2. The van der Waals surface area contributed by atoms with Gasteiger partial charge in [0.2, 0.25) is 0 Å². The van der Waals surface area contributed by atoms with Crippen LogP contribution in [0.2, 0.25) is 24.2 Å². The minimum atomic E-state index is -1.58. The summed E-state index contributed by atoms with van der Waals surface area (Å²) in [4.78, 5) is 13.3. The van der Waals surface area contributed by atoms with Gasteiger partial charge in [-0.15, -0.1) is 0 Å². The molecule has 0 amide bonds. The maximum absolute atomic E-state index is 13.3. The molecule has 0 fully saturated rings. The Morgan fingerprint density at radius 2 is 1.50 bits per heavy atom. The number of aryl methyl sites for hydroxylation is 1. The van der Waals surface area contributed by atoms with E-state index in [-0.39, 0.29) is 16.7 Å². The zero-order chi connectivity index (χ0) is 18.0. The maximum Gasteiger partial charge on any atom is 0.170 e. The van der Waals surface area contributed by atoms with Gasteiger partial charge in [-0.1, -0.05) is 94.0 Å². The number of hydrogen-bond donors (Lipinski definition) is 0. The van der Waals surface area contributed by atoms with Gasteiger partial charge in [-0.2, -0.15) is 0 Å². The average Bonchev–Trinajstić information content (AvgIpc) is 2.52. The highest BCUT2D eigenvalue weighted by Gasteiger charge is 2.39. The first-order chi connectivity index (χ1) is 11.1. The Labute approximate surface area is 148 Å². The summed E-state index contributed by atoms with van der Waals surface area (Å²) in [6.07, 6.45) is 0. The first kappa shape index (κ1) is 18.7. The molecule has 0 aliphatic heterocycles. The molecule has 1 atom stereocenters. The molecule has 2 aromatic carbocycles. The minimum absolute atomic E-state index is 0.0465. The molecule has 0 N–H and O–H groups in total. The van der Waals surface area contributed by atoms with Crippen LogP contribution in [0.3, 0.4) is 0 Å². The van der Waals surface area contributed by atoms with E-state index in [1.54, 1.807) is 0 Å². The van der Waals surface area contributed by atoms with Crippen molar-refractivity contribution in [1.29, 1.82) is 0 Å². The summed E-state index contributed by atoms with van der Waals surface area (Å²) in [5.41, 5.74) is 3.16. The lowest BCUT2D eigenvalue weighted by Gasteiger charge is -2.39. The molecule has 2 rings (SSSR count). The molecule has 0 aliphatic carbocycles. The van der Waals surface area contributed by atoms with Gasteiger partial charge in [0.15, 0.2) is 5.78 Å². The van der Waals surface area contributed by atoms with Crippen molar-refractivity contribution >= 4 is 13.9 Å². The lowest BCUT2D eigenvalue weighted by molar-refractivity contribution is 0.0965. The van der Waals surface area contributed by atoms with Gasteiger partial charge >= 0.3 is 0 Å². The highest BCUT2D eigenvalue weighted by Crippen LogP contribution is 2.43. The predicted molar refractivity (Wildman–Crippen MR) is 107 cm³/mol. The van der Waals surface area contributed by atoms with Crippen LogP contribution in [0.4, 0.5) is 0 Å². The fourth-order valence-electron chi connectivity index (χ4n) is 2.78. The van der Waals surface area contributed by atoms with E-state index < -0.39 is 8.07 Å². The second-order valence-corrected chi connectivity index (χ2v) is 14.2. The first-order valence-electron chi connectivity index (χ1n) is 8.78. The maximum atomic E-state index is 13.3. The smallest absolute Gasteiger partial charge is 0.170 e. The lowest BCUT2D eigenvalue weighted by Crippen LogP contribution is -2.39. The van der Waals surface area contributed by atoms with Crippen molar-refractivity contribution in [2.75, 3.05) is 0 Å². The molecule has 128 valence electrons. The predicted octanol–water partition coefficient (Wildman–Crippen LogP) is 6.47. The van der Waals surface area contributed by atoms with Crippen LogP contribution in [-0.4, -0.2) is 13.9 Å². The third-order valence-electron chi connectivity index (χ3n) is 5.60. The average molecular weight is 339 g/mol. The molecule has 0 saturated carbocycles. The van der Waals surface area contributed by atoms with Crippen LogP contribution < -0.4 is 0 Å². The standard InChI is InChI=1S/C22H30OSi/c1-17-12-14-19(15-13-17)21(23)20(18-10-8-7-9-11-18)16-24(5,6)22(2,3)4/h7-15,20H,16H2,1-6H3. The van der Waals surface area contributed by atoms with Crippen LogP contribution in [-0.2, 0) is 0 Å². The van der Waals surface area contributed by atoms with Gasteiger partial charge in [-0.3, -0.25) is 4.79 Å². The Balaban J connectivity index is 2.40. The number of ketones is 1. The quantitative estimate of drug-likeness (QED) is 0.451. The molecule has 0 radical (unpaired) electrons. The normalized spacial score (nSPS) is 13.6. The van der Waals surface area contributed by atoms with E-state index in [2.05, 4.69) is 52.9 Å². The molecule has 0 spiro atoms. The number of carbonyl (C=O) groups is 1. The molecule has 0 bridgehead atoms. The Hall–Kier alpha value is -1.67. The van der Waals surface area contributed by atoms with E-state index >= 15 is 0 Å². The highest BCUT2D eigenvalue weighted by atomic mass is 28.3. The number of carbonyl (C=O) groups excluding carboxylic acids is 1. The highest BCUT2D eigenvalue weighted by molar-refractivity contribution is 6.80. The van der Waals surface area contributed by atoms with Crippen LogP contribution in [0.25, 0.3) is 0 Å². The fraction of sp³-hybridized carbons (Fsp3) is 0.409. The van der Waals surface area contributed by atoms with E-state index in [1.165, 1.54) is 5.56 Å². The number of hydrogen-bond acceptors (Lipinski definition) is 1. The van der Waals surface area contributed by atoms with Crippen molar-refractivity contribution < 1.29 is 4.79 Å². The summed E-state index contributed by atoms with van der Waals surface area (Å²) in [5.74, 6) is 0.209. The van der Waals surface area contributed by atoms with Crippen LogP contribution in [0.15, 0.2) is 54.6 Å². The number of Topliss-reactive ketones (excluding diaryl/α,β-unsaturated/α-hetero) is 1. The zero-order valence-electron chi connectivity index (χ0n) is 15.9. The summed E-state index contributed by atoms with van der Waals surface area (Å²) in [7, 11) is -1.58. The SMILES string of the molecule is Cc1ccc(C(=O)C(C[Si](C)(C)C(C)(C)C)c2ccccc2)cc1. The van der Waals surface area contributed by atoms with Crippen LogP contribution >= 0.6 is 0 Å². The van der Waals surface area contributed by atoms with Crippen LogP contribution in [0, 0.1) is 6.92 Å². The molecule has 24 heavy (non-hydrogen) atoms. The van der Waals surface area contributed by atoms with Crippen molar-refractivity contribution in [3.8, 4) is 0 Å². The van der Waals surface area contributed by atoms with E-state index in [0.717, 1.165) is 17.2 Å². The van der Waals surface area contributed by atoms with Gasteiger partial charge in [0, 0.05) is 11.5 Å². The van der Waals surface area contributed by atoms with Crippen molar-refractivity contribution in [3.63, 3.8) is 0 Å².